The van der Waals surface area contributed by atoms with Gasteiger partial charge in [-0.2, -0.15) is 8.42 Å². The van der Waals surface area contributed by atoms with Crippen LogP contribution in [0, 0.1) is 0 Å². The van der Waals surface area contributed by atoms with Crippen molar-refractivity contribution in [2.45, 2.75) is 30.3 Å². The Labute approximate surface area is 96.1 Å². The quantitative estimate of drug-likeness (QED) is 0.219. The van der Waals surface area contributed by atoms with E-state index in [1.54, 1.807) is 0 Å². The standard InChI is InChI=1S/C6H13NO9S/c7-6(16-17(12,13)14)4(10)3(9)2(1-8)15-5(6)11/h2-5,8-11H,1,7H2,(H,12,13,14)/t2-,3-,4+,5-,6+/m1/s1. The zero-order chi connectivity index (χ0) is 13.4. The van der Waals surface area contributed by atoms with E-state index >= 15 is 0 Å². The van der Waals surface area contributed by atoms with E-state index in [1.165, 1.54) is 0 Å². The largest absolute Gasteiger partial charge is 0.399 e. The molecule has 1 aliphatic heterocycles. The van der Waals surface area contributed by atoms with Gasteiger partial charge in [0, 0.05) is 0 Å². The summed E-state index contributed by atoms with van der Waals surface area (Å²) in [6.45, 7) is -0.753. The summed E-state index contributed by atoms with van der Waals surface area (Å²) in [6, 6.07) is 0. The molecular formula is C6H13NO9S. The predicted molar refractivity (Wildman–Crippen MR) is 49.5 cm³/mol. The minimum Gasteiger partial charge on any atom is -0.394 e. The molecule has 0 spiro atoms. The second-order valence-electron chi connectivity index (χ2n) is 3.51. The molecule has 0 saturated carbocycles. The molecule has 17 heavy (non-hydrogen) atoms. The summed E-state index contributed by atoms with van der Waals surface area (Å²) in [4.78, 5) is 0. The van der Waals surface area contributed by atoms with Crippen LogP contribution >= 0.6 is 0 Å². The highest BCUT2D eigenvalue weighted by Gasteiger charge is 2.56. The van der Waals surface area contributed by atoms with Crippen molar-refractivity contribution in [2.75, 3.05) is 6.61 Å². The molecule has 1 heterocycles. The van der Waals surface area contributed by atoms with E-state index in [0.29, 0.717) is 0 Å². The molecule has 1 fully saturated rings. The fourth-order valence-corrected chi connectivity index (χ4v) is 1.94. The molecule has 0 unspecified atom stereocenters. The molecule has 1 saturated heterocycles. The zero-order valence-corrected chi connectivity index (χ0v) is 9.19. The van der Waals surface area contributed by atoms with Gasteiger partial charge in [0.1, 0.15) is 18.3 Å². The first-order chi connectivity index (χ1) is 7.62. The van der Waals surface area contributed by atoms with Gasteiger partial charge >= 0.3 is 10.4 Å². The Morgan fingerprint density at radius 3 is 2.29 bits per heavy atom. The van der Waals surface area contributed by atoms with Gasteiger partial charge < -0.3 is 25.2 Å². The molecule has 0 aromatic heterocycles. The van der Waals surface area contributed by atoms with Crippen molar-refractivity contribution in [3.8, 4) is 0 Å². The summed E-state index contributed by atoms with van der Waals surface area (Å²) in [6.07, 6.45) is -7.47. The fourth-order valence-electron chi connectivity index (χ4n) is 1.39. The van der Waals surface area contributed by atoms with E-state index in [9.17, 15) is 23.7 Å². The molecule has 1 aliphatic rings. The van der Waals surface area contributed by atoms with E-state index in [2.05, 4.69) is 8.92 Å². The number of hydrogen-bond donors (Lipinski definition) is 6. The van der Waals surface area contributed by atoms with Gasteiger partial charge in [-0.15, -0.1) is 0 Å². The Bertz CT molecular complexity index is 372. The van der Waals surface area contributed by atoms with Gasteiger partial charge in [-0.3, -0.25) is 10.3 Å². The van der Waals surface area contributed by atoms with Crippen LogP contribution in [0.1, 0.15) is 0 Å². The second-order valence-corrected chi connectivity index (χ2v) is 4.53. The van der Waals surface area contributed by atoms with Crippen LogP contribution in [0.15, 0.2) is 0 Å². The fraction of sp³-hybridized carbons (Fsp3) is 1.00. The summed E-state index contributed by atoms with van der Waals surface area (Å²) in [5.41, 5.74) is 2.43. The molecule has 0 amide bonds. The van der Waals surface area contributed by atoms with E-state index < -0.39 is 47.3 Å². The van der Waals surface area contributed by atoms with Gasteiger partial charge in [-0.1, -0.05) is 0 Å². The van der Waals surface area contributed by atoms with Gasteiger partial charge in [-0.05, 0) is 0 Å². The number of nitrogens with two attached hydrogens (primary N) is 1. The molecule has 10 nitrogen and oxygen atoms in total. The van der Waals surface area contributed by atoms with Crippen molar-refractivity contribution in [3.63, 3.8) is 0 Å². The molecule has 11 heteroatoms. The lowest BCUT2D eigenvalue weighted by atomic mass is 9.94. The molecule has 0 aromatic carbocycles. The van der Waals surface area contributed by atoms with Crippen LogP contribution < -0.4 is 5.73 Å². The summed E-state index contributed by atoms with van der Waals surface area (Å²) in [7, 11) is -5.09. The Balaban J connectivity index is 3.00. The predicted octanol–water partition coefficient (Wildman–Crippen LogP) is -4.11. The SMILES string of the molecule is N[C@@]1(OS(=O)(=O)O)[C@H](O)O[C@H](CO)[C@@H](O)[C@@H]1O. The number of ether oxygens (including phenoxy) is 1. The minimum absolute atomic E-state index is 0.753. The highest BCUT2D eigenvalue weighted by Crippen LogP contribution is 2.28. The van der Waals surface area contributed by atoms with Crippen molar-refractivity contribution >= 4 is 10.4 Å². The Hall–Kier alpha value is -0.370. The van der Waals surface area contributed by atoms with Gasteiger partial charge in [0.2, 0.25) is 12.0 Å². The maximum atomic E-state index is 10.5. The van der Waals surface area contributed by atoms with Crippen LogP contribution in [0.2, 0.25) is 0 Å². The molecule has 7 N–H and O–H groups in total. The van der Waals surface area contributed by atoms with E-state index in [4.69, 9.17) is 15.4 Å². The van der Waals surface area contributed by atoms with Crippen molar-refractivity contribution in [1.82, 2.24) is 0 Å². The number of aliphatic hydroxyl groups is 4. The molecule has 102 valence electrons. The van der Waals surface area contributed by atoms with Crippen LogP contribution in [0.3, 0.4) is 0 Å². The van der Waals surface area contributed by atoms with Crippen LogP contribution in [0.5, 0.6) is 0 Å². The number of hydrogen-bond acceptors (Lipinski definition) is 9. The summed E-state index contributed by atoms with van der Waals surface area (Å²) < 4.78 is 37.9. The van der Waals surface area contributed by atoms with Gasteiger partial charge in [0.05, 0.1) is 6.61 Å². The van der Waals surface area contributed by atoms with Crippen molar-refractivity contribution in [1.29, 1.82) is 0 Å². The van der Waals surface area contributed by atoms with Crippen molar-refractivity contribution < 1.29 is 42.3 Å². The maximum Gasteiger partial charge on any atom is 0.399 e. The third-order valence-electron chi connectivity index (χ3n) is 2.29. The van der Waals surface area contributed by atoms with Crippen molar-refractivity contribution in [2.24, 2.45) is 5.73 Å². The Morgan fingerprint density at radius 1 is 1.35 bits per heavy atom. The third-order valence-corrected chi connectivity index (χ3v) is 2.79. The first kappa shape index (κ1) is 14.7. The van der Waals surface area contributed by atoms with E-state index in [1.807, 2.05) is 0 Å². The highest BCUT2D eigenvalue weighted by atomic mass is 32.3. The summed E-state index contributed by atoms with van der Waals surface area (Å²) in [5.74, 6) is 0. The molecule has 0 aromatic rings. The molecular weight excluding hydrogens is 262 g/mol. The lowest BCUT2D eigenvalue weighted by molar-refractivity contribution is -0.319. The normalized spacial score (nSPS) is 43.6. The minimum atomic E-state index is -5.09. The average Bonchev–Trinajstić information content (AvgIpc) is 2.19. The number of aliphatic hydroxyl groups excluding tert-OH is 4. The molecule has 0 radical (unpaired) electrons. The van der Waals surface area contributed by atoms with Crippen LogP contribution in [-0.2, 0) is 19.3 Å². The monoisotopic (exact) mass is 275 g/mol. The van der Waals surface area contributed by atoms with Crippen LogP contribution in [0.25, 0.3) is 0 Å². The Morgan fingerprint density at radius 2 is 1.88 bits per heavy atom. The molecule has 5 atom stereocenters. The highest BCUT2D eigenvalue weighted by molar-refractivity contribution is 7.80. The van der Waals surface area contributed by atoms with Gasteiger partial charge in [0.25, 0.3) is 0 Å². The Kier molecular flexibility index (Phi) is 4.08. The number of rotatable bonds is 3. The third kappa shape index (κ3) is 2.90. The average molecular weight is 275 g/mol. The van der Waals surface area contributed by atoms with E-state index in [0.717, 1.165) is 0 Å². The smallest absolute Gasteiger partial charge is 0.394 e. The lowest BCUT2D eigenvalue weighted by Crippen LogP contribution is -2.72. The second kappa shape index (κ2) is 4.72. The summed E-state index contributed by atoms with van der Waals surface area (Å²) >= 11 is 0. The zero-order valence-electron chi connectivity index (χ0n) is 8.37. The van der Waals surface area contributed by atoms with Gasteiger partial charge in [-0.25, -0.2) is 4.18 Å². The first-order valence-electron chi connectivity index (χ1n) is 4.39. The lowest BCUT2D eigenvalue weighted by Gasteiger charge is -2.44. The van der Waals surface area contributed by atoms with Crippen LogP contribution in [0.4, 0.5) is 0 Å². The first-order valence-corrected chi connectivity index (χ1v) is 5.76. The topological polar surface area (TPSA) is 180 Å². The molecule has 1 rings (SSSR count). The molecule has 0 aliphatic carbocycles. The summed E-state index contributed by atoms with van der Waals surface area (Å²) in [5, 5.41) is 37.0. The van der Waals surface area contributed by atoms with E-state index in [-0.39, 0.29) is 0 Å². The maximum absolute atomic E-state index is 10.5. The van der Waals surface area contributed by atoms with Gasteiger partial charge in [0.15, 0.2) is 0 Å². The van der Waals surface area contributed by atoms with Crippen molar-refractivity contribution in [3.05, 3.63) is 0 Å². The molecule has 0 bridgehead atoms. The van der Waals surface area contributed by atoms with Crippen LogP contribution in [-0.4, -0.2) is 70.3 Å².